The number of amides is 1. The number of aliphatic carboxylic acids is 1. The van der Waals surface area contributed by atoms with E-state index in [9.17, 15) is 9.59 Å². The molecule has 0 saturated carbocycles. The average molecular weight is 201 g/mol. The number of hydrogen-bond acceptors (Lipinski definition) is 3. The molecule has 0 aliphatic carbocycles. The van der Waals surface area contributed by atoms with Crippen molar-refractivity contribution in [3.05, 3.63) is 0 Å². The van der Waals surface area contributed by atoms with E-state index in [1.807, 2.05) is 13.8 Å². The van der Waals surface area contributed by atoms with E-state index in [4.69, 9.17) is 9.84 Å². The number of morpholine rings is 1. The fraction of sp³-hybridized carbons (Fsp3) is 0.778. The molecule has 2 atom stereocenters. The van der Waals surface area contributed by atoms with Crippen LogP contribution in [0.5, 0.6) is 0 Å². The molecule has 0 bridgehead atoms. The molecular weight excluding hydrogens is 186 g/mol. The Bertz CT molecular complexity index is 241. The van der Waals surface area contributed by atoms with Gasteiger partial charge in [-0.15, -0.1) is 0 Å². The summed E-state index contributed by atoms with van der Waals surface area (Å²) >= 11 is 0. The number of rotatable bonds is 1. The van der Waals surface area contributed by atoms with Crippen LogP contribution in [0.2, 0.25) is 0 Å². The minimum absolute atomic E-state index is 0.0823. The molecule has 0 radical (unpaired) electrons. The number of carbonyl (C=O) groups is 2. The van der Waals surface area contributed by atoms with E-state index in [0.717, 1.165) is 0 Å². The van der Waals surface area contributed by atoms with Gasteiger partial charge in [0.25, 0.3) is 0 Å². The summed E-state index contributed by atoms with van der Waals surface area (Å²) in [6.45, 7) is 4.53. The van der Waals surface area contributed by atoms with Gasteiger partial charge in [0.2, 0.25) is 0 Å². The zero-order valence-electron chi connectivity index (χ0n) is 8.40. The van der Waals surface area contributed by atoms with Crippen molar-refractivity contribution >= 4 is 11.9 Å². The van der Waals surface area contributed by atoms with Crippen molar-refractivity contribution in [3.63, 3.8) is 0 Å². The molecule has 1 fully saturated rings. The molecule has 5 heteroatoms. The minimum Gasteiger partial charge on any atom is -0.474 e. The van der Waals surface area contributed by atoms with Gasteiger partial charge in [-0.3, -0.25) is 4.79 Å². The summed E-state index contributed by atoms with van der Waals surface area (Å²) in [5, 5.41) is 8.60. The number of carboxylic acids is 1. The number of ether oxygens (including phenoxy) is 1. The van der Waals surface area contributed by atoms with Crippen LogP contribution in [-0.2, 0) is 14.3 Å². The van der Waals surface area contributed by atoms with Crippen LogP contribution in [0.3, 0.4) is 0 Å². The first-order chi connectivity index (χ1) is 6.56. The molecule has 1 rings (SSSR count). The molecule has 1 aliphatic heterocycles. The molecule has 1 N–H and O–H groups in total. The van der Waals surface area contributed by atoms with E-state index >= 15 is 0 Å². The predicted molar refractivity (Wildman–Crippen MR) is 48.8 cm³/mol. The zero-order valence-corrected chi connectivity index (χ0v) is 8.40. The molecule has 80 valence electrons. The van der Waals surface area contributed by atoms with Gasteiger partial charge in [0.15, 0.2) is 0 Å². The number of carbonyl (C=O) groups excluding carboxylic acids is 1. The minimum atomic E-state index is -1.39. The summed E-state index contributed by atoms with van der Waals surface area (Å²) in [6, 6.07) is -0.102. The summed E-state index contributed by atoms with van der Waals surface area (Å²) in [5.41, 5.74) is 0. The largest absolute Gasteiger partial charge is 0.474 e. The van der Waals surface area contributed by atoms with Crippen LogP contribution in [0, 0.1) is 0 Å². The van der Waals surface area contributed by atoms with Gasteiger partial charge in [-0.2, -0.15) is 0 Å². The van der Waals surface area contributed by atoms with E-state index in [1.54, 1.807) is 0 Å². The van der Waals surface area contributed by atoms with Gasteiger partial charge in [-0.1, -0.05) is 6.92 Å². The van der Waals surface area contributed by atoms with Crippen LogP contribution in [-0.4, -0.2) is 47.2 Å². The second-order valence-corrected chi connectivity index (χ2v) is 3.47. The highest BCUT2D eigenvalue weighted by Crippen LogP contribution is 2.14. The summed E-state index contributed by atoms with van der Waals surface area (Å²) in [6.07, 6.45) is 0.632. The fourth-order valence-corrected chi connectivity index (χ4v) is 1.55. The van der Waals surface area contributed by atoms with E-state index in [-0.39, 0.29) is 12.1 Å². The third-order valence-corrected chi connectivity index (χ3v) is 2.38. The van der Waals surface area contributed by atoms with E-state index in [0.29, 0.717) is 19.6 Å². The van der Waals surface area contributed by atoms with Gasteiger partial charge in [-0.25, -0.2) is 4.79 Å². The van der Waals surface area contributed by atoms with Crippen molar-refractivity contribution in [2.75, 3.05) is 13.2 Å². The lowest BCUT2D eigenvalue weighted by Crippen LogP contribution is -2.53. The van der Waals surface area contributed by atoms with Crippen molar-refractivity contribution in [3.8, 4) is 0 Å². The second kappa shape index (κ2) is 4.41. The molecule has 2 unspecified atom stereocenters. The highest BCUT2D eigenvalue weighted by molar-refractivity contribution is 6.31. The predicted octanol–water partition coefficient (Wildman–Crippen LogP) is 0.0969. The molecule has 0 aromatic rings. The van der Waals surface area contributed by atoms with Crippen LogP contribution in [0.4, 0.5) is 0 Å². The van der Waals surface area contributed by atoms with E-state index < -0.39 is 11.9 Å². The Labute approximate surface area is 82.6 Å². The summed E-state index contributed by atoms with van der Waals surface area (Å²) in [4.78, 5) is 23.2. The van der Waals surface area contributed by atoms with Crippen LogP contribution in [0.25, 0.3) is 0 Å². The highest BCUT2D eigenvalue weighted by atomic mass is 16.5. The van der Waals surface area contributed by atoms with Gasteiger partial charge >= 0.3 is 11.9 Å². The molecule has 0 aromatic carbocycles. The molecule has 5 nitrogen and oxygen atoms in total. The third kappa shape index (κ3) is 2.23. The second-order valence-electron chi connectivity index (χ2n) is 3.47. The maximum absolute atomic E-state index is 11.3. The van der Waals surface area contributed by atoms with Crippen molar-refractivity contribution < 1.29 is 19.4 Å². The Morgan fingerprint density at radius 3 is 2.71 bits per heavy atom. The molecule has 1 aliphatic rings. The smallest absolute Gasteiger partial charge is 0.394 e. The van der Waals surface area contributed by atoms with Crippen molar-refractivity contribution in [2.45, 2.75) is 32.4 Å². The molecule has 1 amide bonds. The van der Waals surface area contributed by atoms with Crippen molar-refractivity contribution in [2.24, 2.45) is 0 Å². The topological polar surface area (TPSA) is 66.8 Å². The Balaban J connectivity index is 2.70. The lowest BCUT2D eigenvalue weighted by atomic mass is 10.1. The Kier molecular flexibility index (Phi) is 3.46. The van der Waals surface area contributed by atoms with Crippen molar-refractivity contribution in [1.82, 2.24) is 4.90 Å². The standard InChI is InChI=1S/C9H15NO4/c1-3-7-5-14-6(2)4-10(7)8(11)9(12)13/h6-7H,3-5H2,1-2H3,(H,12,13). The van der Waals surface area contributed by atoms with Crippen LogP contribution in [0.15, 0.2) is 0 Å². The third-order valence-electron chi connectivity index (χ3n) is 2.38. The van der Waals surface area contributed by atoms with Gasteiger partial charge in [0.05, 0.1) is 18.8 Å². The zero-order chi connectivity index (χ0) is 10.7. The molecule has 1 heterocycles. The molecular formula is C9H15NO4. The molecule has 1 saturated heterocycles. The maximum Gasteiger partial charge on any atom is 0.394 e. The first kappa shape index (κ1) is 11.0. The van der Waals surface area contributed by atoms with Crippen LogP contribution in [0.1, 0.15) is 20.3 Å². The van der Waals surface area contributed by atoms with E-state index in [2.05, 4.69) is 0 Å². The Hall–Kier alpha value is -1.10. The van der Waals surface area contributed by atoms with Gasteiger partial charge < -0.3 is 14.7 Å². The first-order valence-corrected chi connectivity index (χ1v) is 4.71. The summed E-state index contributed by atoms with van der Waals surface area (Å²) in [7, 11) is 0. The van der Waals surface area contributed by atoms with Gasteiger partial charge in [-0.05, 0) is 13.3 Å². The maximum atomic E-state index is 11.3. The SMILES string of the molecule is CCC1COC(C)CN1C(=O)C(=O)O. The Morgan fingerprint density at radius 1 is 1.57 bits per heavy atom. The summed E-state index contributed by atoms with van der Waals surface area (Å²) in [5.74, 6) is -2.22. The summed E-state index contributed by atoms with van der Waals surface area (Å²) < 4.78 is 5.35. The molecule has 14 heavy (non-hydrogen) atoms. The number of carboxylic acid groups (broad SMARTS) is 1. The van der Waals surface area contributed by atoms with Crippen LogP contribution >= 0.6 is 0 Å². The quantitative estimate of drug-likeness (QED) is 0.611. The van der Waals surface area contributed by atoms with Crippen molar-refractivity contribution in [1.29, 1.82) is 0 Å². The lowest BCUT2D eigenvalue weighted by molar-refractivity contribution is -0.162. The first-order valence-electron chi connectivity index (χ1n) is 4.71. The molecule has 0 aromatic heterocycles. The monoisotopic (exact) mass is 201 g/mol. The lowest BCUT2D eigenvalue weighted by Gasteiger charge is -2.37. The Morgan fingerprint density at radius 2 is 2.21 bits per heavy atom. The molecule has 0 spiro atoms. The van der Waals surface area contributed by atoms with Gasteiger partial charge in [0, 0.05) is 6.54 Å². The normalized spacial score (nSPS) is 27.4. The van der Waals surface area contributed by atoms with Gasteiger partial charge in [0.1, 0.15) is 0 Å². The highest BCUT2D eigenvalue weighted by Gasteiger charge is 2.32. The number of nitrogens with zero attached hydrogens (tertiary/aromatic N) is 1. The average Bonchev–Trinajstić information content (AvgIpc) is 2.16. The van der Waals surface area contributed by atoms with Crippen LogP contribution < -0.4 is 0 Å². The fourth-order valence-electron chi connectivity index (χ4n) is 1.55. The van der Waals surface area contributed by atoms with E-state index in [1.165, 1.54) is 4.90 Å². The number of hydrogen-bond donors (Lipinski definition) is 1.